The van der Waals surface area contributed by atoms with E-state index in [-0.39, 0.29) is 55.4 Å². The van der Waals surface area contributed by atoms with Crippen molar-refractivity contribution < 1.29 is 33.8 Å². The number of halogens is 1. The number of para-hydroxylation sites is 1. The summed E-state index contributed by atoms with van der Waals surface area (Å²) in [5.74, 6) is -1.22. The predicted octanol–water partition coefficient (Wildman–Crippen LogP) is 2.30. The summed E-state index contributed by atoms with van der Waals surface area (Å²) in [6.07, 6.45) is 1.59. The van der Waals surface area contributed by atoms with Gasteiger partial charge in [0.2, 0.25) is 11.8 Å². The molecule has 0 saturated heterocycles. The van der Waals surface area contributed by atoms with Gasteiger partial charge in [0.25, 0.3) is 5.91 Å². The molecule has 1 saturated carbocycles. The van der Waals surface area contributed by atoms with E-state index in [1.165, 1.54) is 28.9 Å². The number of ether oxygens (including phenoxy) is 2. The third-order valence-corrected chi connectivity index (χ3v) is 6.84. The number of carbonyl (C=O) groups excluding carboxylic acids is 4. The van der Waals surface area contributed by atoms with Crippen LogP contribution in [-0.2, 0) is 25.7 Å². The topological polar surface area (TPSA) is 125 Å². The van der Waals surface area contributed by atoms with Crippen molar-refractivity contribution in [3.63, 3.8) is 0 Å². The molecule has 10 nitrogen and oxygen atoms in total. The Hall–Kier alpha value is -3.63. The van der Waals surface area contributed by atoms with Crippen LogP contribution >= 0.6 is 11.6 Å². The van der Waals surface area contributed by atoms with E-state index >= 15 is 0 Å². The van der Waals surface area contributed by atoms with Crippen molar-refractivity contribution in [3.05, 3.63) is 58.6 Å². The zero-order valence-corrected chi connectivity index (χ0v) is 21.8. The van der Waals surface area contributed by atoms with Gasteiger partial charge in [-0.05, 0) is 49.1 Å². The number of nitrogens with zero attached hydrogens (tertiary/aromatic N) is 2. The normalized spacial score (nSPS) is 19.0. The lowest BCUT2D eigenvalue weighted by atomic mass is 10.1. The van der Waals surface area contributed by atoms with Gasteiger partial charge in [0.05, 0.1) is 29.3 Å². The summed E-state index contributed by atoms with van der Waals surface area (Å²) < 4.78 is 10.3. The van der Waals surface area contributed by atoms with Crippen LogP contribution in [0.25, 0.3) is 0 Å². The number of aliphatic hydroxyl groups excluding tert-OH is 1. The first-order valence-electron chi connectivity index (χ1n) is 12.4. The molecule has 202 valence electrons. The summed E-state index contributed by atoms with van der Waals surface area (Å²) in [7, 11) is 0. The van der Waals surface area contributed by atoms with E-state index in [0.29, 0.717) is 29.8 Å². The maximum Gasteiger partial charge on any atom is 0.302 e. The molecule has 2 aliphatic rings. The molecule has 0 unspecified atom stereocenters. The first-order chi connectivity index (χ1) is 18.2. The van der Waals surface area contributed by atoms with Crippen LogP contribution in [-0.4, -0.2) is 72.1 Å². The molecule has 2 N–H and O–H groups in total. The Morgan fingerprint density at radius 3 is 2.61 bits per heavy atom. The van der Waals surface area contributed by atoms with Crippen molar-refractivity contribution in [2.75, 3.05) is 31.2 Å². The molecule has 2 aromatic carbocycles. The van der Waals surface area contributed by atoms with Gasteiger partial charge in [-0.15, -0.1) is 0 Å². The largest absolute Gasteiger partial charge is 0.490 e. The summed E-state index contributed by atoms with van der Waals surface area (Å²) in [6, 6.07) is 11.4. The number of benzene rings is 2. The summed E-state index contributed by atoms with van der Waals surface area (Å²) in [4.78, 5) is 53.1. The number of hydrogen-bond donors (Lipinski definition) is 2. The molecule has 2 aromatic rings. The number of aliphatic hydroxyl groups is 1. The Balaban J connectivity index is 1.48. The highest BCUT2D eigenvalue weighted by molar-refractivity contribution is 6.34. The Morgan fingerprint density at radius 2 is 1.89 bits per heavy atom. The standard InChI is InChI=1S/C27H30ClN3O7/c1-17(32)37-11-12-38-19-9-10-20(21(28)13-19)27(36)31-16-26(35)30(14-18-5-2-3-7-23(18)31)15-25(34)29-22-6-4-8-24(22)33/h2-3,5,7,9-10,13,22,24,33H,4,6,8,11-12,14-16H2,1H3,(H,29,34)/t22-,24-/m1/s1. The van der Waals surface area contributed by atoms with Crippen LogP contribution in [0.3, 0.4) is 0 Å². The fourth-order valence-corrected chi connectivity index (χ4v) is 4.88. The summed E-state index contributed by atoms with van der Waals surface area (Å²) in [5.41, 5.74) is 1.45. The monoisotopic (exact) mass is 543 g/mol. The molecule has 3 amide bonds. The highest BCUT2D eigenvalue weighted by atomic mass is 35.5. The second-order valence-electron chi connectivity index (χ2n) is 9.27. The average molecular weight is 544 g/mol. The van der Waals surface area contributed by atoms with Crippen LogP contribution in [0.5, 0.6) is 5.75 Å². The molecular weight excluding hydrogens is 514 g/mol. The fourth-order valence-electron chi connectivity index (χ4n) is 4.63. The molecule has 0 spiro atoms. The zero-order valence-electron chi connectivity index (χ0n) is 21.0. The van der Waals surface area contributed by atoms with E-state index in [9.17, 15) is 24.3 Å². The number of hydrogen-bond acceptors (Lipinski definition) is 7. The van der Waals surface area contributed by atoms with E-state index in [4.69, 9.17) is 21.1 Å². The van der Waals surface area contributed by atoms with E-state index < -0.39 is 23.9 Å². The SMILES string of the molecule is CC(=O)OCCOc1ccc(C(=O)N2CC(=O)N(CC(=O)N[C@@H]3CCC[C@H]3O)Cc3ccccc32)c(Cl)c1. The van der Waals surface area contributed by atoms with Gasteiger partial charge in [-0.1, -0.05) is 29.8 Å². The van der Waals surface area contributed by atoms with Gasteiger partial charge in [0, 0.05) is 19.2 Å². The lowest BCUT2D eigenvalue weighted by Crippen LogP contribution is -2.47. The fraction of sp³-hybridized carbons (Fsp3) is 0.407. The van der Waals surface area contributed by atoms with Crippen molar-refractivity contribution in [2.24, 2.45) is 0 Å². The first-order valence-corrected chi connectivity index (χ1v) is 12.8. The number of carbonyl (C=O) groups is 4. The van der Waals surface area contributed by atoms with Crippen LogP contribution in [0.1, 0.15) is 42.1 Å². The van der Waals surface area contributed by atoms with Gasteiger partial charge < -0.3 is 24.8 Å². The molecular formula is C27H30ClN3O7. The smallest absolute Gasteiger partial charge is 0.302 e. The lowest BCUT2D eigenvalue weighted by molar-refractivity contribution is -0.141. The van der Waals surface area contributed by atoms with Gasteiger partial charge in [-0.2, -0.15) is 0 Å². The number of esters is 1. The van der Waals surface area contributed by atoms with Crippen molar-refractivity contribution in [3.8, 4) is 5.75 Å². The van der Waals surface area contributed by atoms with Gasteiger partial charge in [-0.3, -0.25) is 24.1 Å². The van der Waals surface area contributed by atoms with E-state index in [1.54, 1.807) is 24.3 Å². The molecule has 1 aliphatic heterocycles. The number of fused-ring (bicyclic) bond motifs is 1. The maximum absolute atomic E-state index is 13.6. The van der Waals surface area contributed by atoms with Gasteiger partial charge in [0.15, 0.2) is 0 Å². The van der Waals surface area contributed by atoms with Gasteiger partial charge in [0.1, 0.15) is 25.5 Å². The van der Waals surface area contributed by atoms with Crippen molar-refractivity contribution in [2.45, 2.75) is 44.9 Å². The van der Waals surface area contributed by atoms with E-state index in [0.717, 1.165) is 6.42 Å². The van der Waals surface area contributed by atoms with Crippen LogP contribution in [0.15, 0.2) is 42.5 Å². The van der Waals surface area contributed by atoms with Gasteiger partial charge >= 0.3 is 5.97 Å². The number of amides is 3. The van der Waals surface area contributed by atoms with Crippen molar-refractivity contribution in [1.29, 1.82) is 0 Å². The van der Waals surface area contributed by atoms with Crippen molar-refractivity contribution >= 4 is 41.0 Å². The second-order valence-corrected chi connectivity index (χ2v) is 9.68. The molecule has 1 heterocycles. The second kappa shape index (κ2) is 12.3. The molecule has 1 fully saturated rings. The molecule has 38 heavy (non-hydrogen) atoms. The Bertz CT molecular complexity index is 1220. The molecule has 11 heteroatoms. The summed E-state index contributed by atoms with van der Waals surface area (Å²) in [6.45, 7) is 1.21. The Morgan fingerprint density at radius 1 is 1.11 bits per heavy atom. The molecule has 2 atom stereocenters. The summed E-state index contributed by atoms with van der Waals surface area (Å²) >= 11 is 6.42. The minimum absolute atomic E-state index is 0.0794. The molecule has 0 radical (unpaired) electrons. The quantitative estimate of drug-likeness (QED) is 0.386. The van der Waals surface area contributed by atoms with Crippen LogP contribution < -0.4 is 15.0 Å². The average Bonchev–Trinajstić information content (AvgIpc) is 3.22. The van der Waals surface area contributed by atoms with Crippen molar-refractivity contribution in [1.82, 2.24) is 10.2 Å². The van der Waals surface area contributed by atoms with Crippen LogP contribution in [0.4, 0.5) is 5.69 Å². The lowest BCUT2D eigenvalue weighted by Gasteiger charge is -2.24. The van der Waals surface area contributed by atoms with Crippen LogP contribution in [0, 0.1) is 0 Å². The molecule has 1 aliphatic carbocycles. The number of nitrogens with one attached hydrogen (secondary N) is 1. The number of rotatable bonds is 8. The zero-order chi connectivity index (χ0) is 27.2. The third kappa shape index (κ3) is 6.62. The molecule has 4 rings (SSSR count). The van der Waals surface area contributed by atoms with E-state index in [1.807, 2.05) is 6.07 Å². The predicted molar refractivity (Wildman–Crippen MR) is 139 cm³/mol. The highest BCUT2D eigenvalue weighted by Gasteiger charge is 2.32. The minimum Gasteiger partial charge on any atom is -0.490 e. The Labute approximate surface area is 225 Å². The summed E-state index contributed by atoms with van der Waals surface area (Å²) in [5, 5.41) is 13.0. The maximum atomic E-state index is 13.6. The van der Waals surface area contributed by atoms with E-state index in [2.05, 4.69) is 5.32 Å². The number of anilines is 1. The Kier molecular flexibility index (Phi) is 8.85. The first kappa shape index (κ1) is 27.4. The third-order valence-electron chi connectivity index (χ3n) is 6.52. The minimum atomic E-state index is -0.581. The molecule has 0 aromatic heterocycles. The van der Waals surface area contributed by atoms with Crippen LogP contribution in [0.2, 0.25) is 5.02 Å². The molecule has 0 bridgehead atoms. The van der Waals surface area contributed by atoms with Gasteiger partial charge in [-0.25, -0.2) is 0 Å². The highest BCUT2D eigenvalue weighted by Crippen LogP contribution is 2.30.